The van der Waals surface area contributed by atoms with E-state index in [1.165, 1.54) is 6.07 Å². The zero-order chi connectivity index (χ0) is 13.8. The van der Waals surface area contributed by atoms with Crippen molar-refractivity contribution in [3.63, 3.8) is 0 Å². The van der Waals surface area contributed by atoms with Gasteiger partial charge in [0.15, 0.2) is 0 Å². The Balaban J connectivity index is 2.05. The topological polar surface area (TPSA) is 24.5 Å². The molecule has 1 aliphatic heterocycles. The second-order valence-corrected chi connectivity index (χ2v) is 5.34. The van der Waals surface area contributed by atoms with Crippen LogP contribution in [-0.2, 0) is 4.74 Å². The van der Waals surface area contributed by atoms with E-state index in [0.717, 1.165) is 25.2 Å². The van der Waals surface area contributed by atoms with Crippen molar-refractivity contribution in [2.75, 3.05) is 26.7 Å². The first-order chi connectivity index (χ1) is 9.10. The molecular weight excluding hydrogens is 243 g/mol. The second kappa shape index (κ2) is 6.46. The quantitative estimate of drug-likeness (QED) is 0.904. The van der Waals surface area contributed by atoms with Crippen molar-refractivity contribution in [1.82, 2.24) is 10.2 Å². The van der Waals surface area contributed by atoms with E-state index in [0.29, 0.717) is 0 Å². The van der Waals surface area contributed by atoms with Crippen molar-refractivity contribution in [3.8, 4) is 0 Å². The average molecular weight is 266 g/mol. The van der Waals surface area contributed by atoms with Crippen LogP contribution in [0.25, 0.3) is 0 Å². The van der Waals surface area contributed by atoms with Crippen LogP contribution in [-0.4, -0.2) is 43.8 Å². The molecule has 2 rings (SSSR count). The van der Waals surface area contributed by atoms with Crippen molar-refractivity contribution in [2.24, 2.45) is 0 Å². The number of rotatable bonds is 4. The van der Waals surface area contributed by atoms with E-state index in [4.69, 9.17) is 4.74 Å². The standard InChI is InChI=1S/C15H23FN2O/c1-11-8-18(9-12(2)19-11)10-15(17-3)13-6-4-5-7-14(13)16/h4-7,11-12,15,17H,8-10H2,1-3H3. The zero-order valence-corrected chi connectivity index (χ0v) is 11.9. The van der Waals surface area contributed by atoms with Gasteiger partial charge in [-0.1, -0.05) is 18.2 Å². The molecule has 0 spiro atoms. The Morgan fingerprint density at radius 1 is 1.32 bits per heavy atom. The first kappa shape index (κ1) is 14.4. The summed E-state index contributed by atoms with van der Waals surface area (Å²) < 4.78 is 19.6. The van der Waals surface area contributed by atoms with Gasteiger partial charge in [0, 0.05) is 31.2 Å². The van der Waals surface area contributed by atoms with Gasteiger partial charge in [0.2, 0.25) is 0 Å². The third-order valence-electron chi connectivity index (χ3n) is 3.57. The third kappa shape index (κ3) is 3.75. The Bertz CT molecular complexity index is 403. The number of likely N-dealkylation sites (N-methyl/N-ethyl adjacent to an activating group) is 1. The highest BCUT2D eigenvalue weighted by Crippen LogP contribution is 2.20. The molecule has 1 fully saturated rings. The lowest BCUT2D eigenvalue weighted by atomic mass is 10.0. The highest BCUT2D eigenvalue weighted by atomic mass is 19.1. The molecule has 0 saturated carbocycles. The monoisotopic (exact) mass is 266 g/mol. The fraction of sp³-hybridized carbons (Fsp3) is 0.600. The van der Waals surface area contributed by atoms with Gasteiger partial charge in [-0.05, 0) is 27.0 Å². The molecule has 0 amide bonds. The van der Waals surface area contributed by atoms with Gasteiger partial charge < -0.3 is 10.1 Å². The molecule has 1 aliphatic rings. The molecule has 1 aromatic carbocycles. The highest BCUT2D eigenvalue weighted by Gasteiger charge is 2.25. The van der Waals surface area contributed by atoms with Crippen molar-refractivity contribution < 1.29 is 9.13 Å². The lowest BCUT2D eigenvalue weighted by Gasteiger charge is -2.37. The maximum atomic E-state index is 13.9. The molecule has 0 aromatic heterocycles. The van der Waals surface area contributed by atoms with Crippen LogP contribution in [0.3, 0.4) is 0 Å². The summed E-state index contributed by atoms with van der Waals surface area (Å²) in [6.07, 6.45) is 0.476. The minimum atomic E-state index is -0.142. The van der Waals surface area contributed by atoms with Crippen LogP contribution >= 0.6 is 0 Å². The van der Waals surface area contributed by atoms with Gasteiger partial charge >= 0.3 is 0 Å². The summed E-state index contributed by atoms with van der Waals surface area (Å²) >= 11 is 0. The summed E-state index contributed by atoms with van der Waals surface area (Å²) in [7, 11) is 1.88. The predicted molar refractivity (Wildman–Crippen MR) is 74.6 cm³/mol. The number of benzene rings is 1. The number of hydrogen-bond donors (Lipinski definition) is 1. The van der Waals surface area contributed by atoms with Crippen LogP contribution in [0.4, 0.5) is 4.39 Å². The smallest absolute Gasteiger partial charge is 0.128 e. The fourth-order valence-electron chi connectivity index (χ4n) is 2.79. The minimum absolute atomic E-state index is 0.0127. The molecule has 1 saturated heterocycles. The summed E-state index contributed by atoms with van der Waals surface area (Å²) in [6, 6.07) is 6.99. The zero-order valence-electron chi connectivity index (χ0n) is 11.9. The van der Waals surface area contributed by atoms with E-state index >= 15 is 0 Å². The highest BCUT2D eigenvalue weighted by molar-refractivity contribution is 5.21. The van der Waals surface area contributed by atoms with Gasteiger partial charge in [0.1, 0.15) is 5.82 Å². The molecule has 3 atom stereocenters. The first-order valence-corrected chi connectivity index (χ1v) is 6.89. The van der Waals surface area contributed by atoms with E-state index in [1.807, 2.05) is 19.2 Å². The van der Waals surface area contributed by atoms with E-state index in [-0.39, 0.29) is 24.1 Å². The summed E-state index contributed by atoms with van der Waals surface area (Å²) in [6.45, 7) is 6.77. The molecule has 1 N–H and O–H groups in total. The van der Waals surface area contributed by atoms with Crippen LogP contribution in [0.1, 0.15) is 25.5 Å². The molecule has 3 unspecified atom stereocenters. The largest absolute Gasteiger partial charge is 0.373 e. The maximum absolute atomic E-state index is 13.9. The van der Waals surface area contributed by atoms with E-state index in [9.17, 15) is 4.39 Å². The summed E-state index contributed by atoms with van der Waals surface area (Å²) in [5, 5.41) is 3.21. The minimum Gasteiger partial charge on any atom is -0.373 e. The number of halogens is 1. The van der Waals surface area contributed by atoms with Crippen LogP contribution in [0.15, 0.2) is 24.3 Å². The Morgan fingerprint density at radius 3 is 2.53 bits per heavy atom. The summed E-state index contributed by atoms with van der Waals surface area (Å²) in [5.74, 6) is -0.142. The maximum Gasteiger partial charge on any atom is 0.128 e. The van der Waals surface area contributed by atoms with Crippen LogP contribution in [0.5, 0.6) is 0 Å². The van der Waals surface area contributed by atoms with Gasteiger partial charge in [-0.25, -0.2) is 4.39 Å². The molecule has 0 bridgehead atoms. The van der Waals surface area contributed by atoms with Gasteiger partial charge in [-0.15, -0.1) is 0 Å². The van der Waals surface area contributed by atoms with Crippen LogP contribution in [0, 0.1) is 5.82 Å². The van der Waals surface area contributed by atoms with E-state index in [2.05, 4.69) is 24.1 Å². The number of nitrogens with zero attached hydrogens (tertiary/aromatic N) is 1. The van der Waals surface area contributed by atoms with Gasteiger partial charge in [0.05, 0.1) is 12.2 Å². The first-order valence-electron chi connectivity index (χ1n) is 6.89. The van der Waals surface area contributed by atoms with Crippen molar-refractivity contribution in [1.29, 1.82) is 0 Å². The Labute approximate surface area is 114 Å². The molecular formula is C15H23FN2O. The molecule has 106 valence electrons. The van der Waals surface area contributed by atoms with Crippen LogP contribution in [0.2, 0.25) is 0 Å². The van der Waals surface area contributed by atoms with Gasteiger partial charge in [0.25, 0.3) is 0 Å². The summed E-state index contributed by atoms with van der Waals surface area (Å²) in [4.78, 5) is 2.34. The lowest BCUT2D eigenvalue weighted by Crippen LogP contribution is -2.48. The molecule has 0 radical (unpaired) electrons. The van der Waals surface area contributed by atoms with Crippen LogP contribution < -0.4 is 5.32 Å². The molecule has 0 aliphatic carbocycles. The molecule has 19 heavy (non-hydrogen) atoms. The van der Waals surface area contributed by atoms with Gasteiger partial charge in [-0.2, -0.15) is 0 Å². The van der Waals surface area contributed by atoms with Crippen molar-refractivity contribution >= 4 is 0 Å². The third-order valence-corrected chi connectivity index (χ3v) is 3.57. The Morgan fingerprint density at radius 2 is 1.95 bits per heavy atom. The number of hydrogen-bond acceptors (Lipinski definition) is 3. The SMILES string of the molecule is CNC(CN1CC(C)OC(C)C1)c1ccccc1F. The molecule has 1 aromatic rings. The fourth-order valence-corrected chi connectivity index (χ4v) is 2.79. The van der Waals surface area contributed by atoms with Gasteiger partial charge in [-0.3, -0.25) is 4.90 Å². The molecule has 4 heteroatoms. The lowest BCUT2D eigenvalue weighted by molar-refractivity contribution is -0.0698. The van der Waals surface area contributed by atoms with E-state index < -0.39 is 0 Å². The average Bonchev–Trinajstić information content (AvgIpc) is 2.36. The molecule has 1 heterocycles. The van der Waals surface area contributed by atoms with Crippen molar-refractivity contribution in [3.05, 3.63) is 35.6 Å². The van der Waals surface area contributed by atoms with E-state index in [1.54, 1.807) is 6.07 Å². The number of ether oxygens (including phenoxy) is 1. The Hall–Kier alpha value is -0.970. The molecule has 3 nitrogen and oxygen atoms in total. The normalized spacial score (nSPS) is 26.3. The predicted octanol–water partition coefficient (Wildman–Crippen LogP) is 2.20. The summed E-state index contributed by atoms with van der Waals surface area (Å²) in [5.41, 5.74) is 0.733. The number of morpholine rings is 1. The number of nitrogens with one attached hydrogen (secondary N) is 1. The second-order valence-electron chi connectivity index (χ2n) is 5.34. The Kier molecular flexibility index (Phi) is 4.91. The van der Waals surface area contributed by atoms with Crippen molar-refractivity contribution in [2.45, 2.75) is 32.1 Å².